The quantitative estimate of drug-likeness (QED) is 0.885. The molecule has 1 aromatic rings. The van der Waals surface area contributed by atoms with Crippen molar-refractivity contribution in [2.45, 2.75) is 38.3 Å². The lowest BCUT2D eigenvalue weighted by Crippen LogP contribution is -2.33. The van der Waals surface area contributed by atoms with Gasteiger partial charge in [-0.05, 0) is 42.7 Å². The van der Waals surface area contributed by atoms with Crippen LogP contribution in [0.4, 0.5) is 5.69 Å². The lowest BCUT2D eigenvalue weighted by Gasteiger charge is -2.29. The van der Waals surface area contributed by atoms with Crippen LogP contribution in [-0.2, 0) is 6.42 Å². The van der Waals surface area contributed by atoms with Crippen LogP contribution >= 0.6 is 27.7 Å². The maximum Gasteiger partial charge on any atom is 0.0410 e. The van der Waals surface area contributed by atoms with Crippen LogP contribution in [-0.4, -0.2) is 30.6 Å². The van der Waals surface area contributed by atoms with Crippen LogP contribution in [0.5, 0.6) is 0 Å². The highest BCUT2D eigenvalue weighted by Crippen LogP contribution is 2.31. The van der Waals surface area contributed by atoms with E-state index in [1.807, 2.05) is 0 Å². The fourth-order valence-corrected chi connectivity index (χ4v) is 4.11. The number of benzene rings is 1. The Labute approximate surface area is 129 Å². The van der Waals surface area contributed by atoms with Crippen LogP contribution < -0.4 is 10.6 Å². The highest BCUT2D eigenvalue weighted by Gasteiger charge is 2.22. The number of nitrogens with two attached hydrogens (primary N) is 1. The second kappa shape index (κ2) is 7.00. The Hall–Kier alpha value is -0.190. The van der Waals surface area contributed by atoms with Crippen LogP contribution in [0.25, 0.3) is 0 Å². The zero-order chi connectivity index (χ0) is 13.8. The van der Waals surface area contributed by atoms with E-state index in [9.17, 15) is 0 Å². The van der Waals surface area contributed by atoms with Crippen molar-refractivity contribution in [1.29, 1.82) is 0 Å². The standard InChI is InChI=1S/C15H23BrN2S/c1-3-13(17)8-11-4-5-12(16)9-15(11)18(2)14-6-7-19-10-14/h4-5,9,13-14H,3,6-8,10,17H2,1-2H3. The largest absolute Gasteiger partial charge is 0.370 e. The molecule has 0 saturated carbocycles. The Kier molecular flexibility index (Phi) is 5.60. The SMILES string of the molecule is CCC(N)Cc1ccc(Br)cc1N(C)C1CCSC1. The number of nitrogens with zero attached hydrogens (tertiary/aromatic N) is 1. The number of halogens is 1. The van der Waals surface area contributed by atoms with Gasteiger partial charge in [0.2, 0.25) is 0 Å². The predicted molar refractivity (Wildman–Crippen MR) is 90.2 cm³/mol. The first-order valence-electron chi connectivity index (χ1n) is 6.96. The van der Waals surface area contributed by atoms with Crippen molar-refractivity contribution >= 4 is 33.4 Å². The summed E-state index contributed by atoms with van der Waals surface area (Å²) in [6.45, 7) is 2.15. The molecular formula is C15H23BrN2S. The number of anilines is 1. The Morgan fingerprint density at radius 1 is 1.53 bits per heavy atom. The van der Waals surface area contributed by atoms with E-state index < -0.39 is 0 Å². The summed E-state index contributed by atoms with van der Waals surface area (Å²) >= 11 is 5.65. The van der Waals surface area contributed by atoms with Crippen LogP contribution in [0.3, 0.4) is 0 Å². The molecule has 1 heterocycles. The first-order chi connectivity index (χ1) is 9.11. The van der Waals surface area contributed by atoms with Gasteiger partial charge in [0.15, 0.2) is 0 Å². The van der Waals surface area contributed by atoms with E-state index in [0.717, 1.165) is 17.3 Å². The monoisotopic (exact) mass is 342 g/mol. The number of thioether (sulfide) groups is 1. The molecule has 2 unspecified atom stereocenters. The van der Waals surface area contributed by atoms with E-state index in [1.165, 1.54) is 29.2 Å². The van der Waals surface area contributed by atoms with E-state index in [-0.39, 0.29) is 6.04 Å². The number of hydrogen-bond donors (Lipinski definition) is 1. The first-order valence-corrected chi connectivity index (χ1v) is 8.91. The summed E-state index contributed by atoms with van der Waals surface area (Å²) in [6.07, 6.45) is 3.27. The molecule has 1 fully saturated rings. The molecule has 1 aliphatic rings. The van der Waals surface area contributed by atoms with Gasteiger partial charge < -0.3 is 10.6 Å². The average Bonchev–Trinajstić information content (AvgIpc) is 2.93. The van der Waals surface area contributed by atoms with E-state index in [0.29, 0.717) is 6.04 Å². The Balaban J connectivity index is 2.22. The summed E-state index contributed by atoms with van der Waals surface area (Å²) in [6, 6.07) is 7.49. The van der Waals surface area contributed by atoms with Gasteiger partial charge in [0.05, 0.1) is 0 Å². The zero-order valence-corrected chi connectivity index (χ0v) is 14.1. The Morgan fingerprint density at radius 3 is 2.95 bits per heavy atom. The Bertz CT molecular complexity index is 419. The molecule has 0 bridgehead atoms. The minimum atomic E-state index is 0.256. The predicted octanol–water partition coefficient (Wildman–Crippen LogP) is 3.67. The minimum Gasteiger partial charge on any atom is -0.370 e. The number of hydrogen-bond acceptors (Lipinski definition) is 3. The highest BCUT2D eigenvalue weighted by molar-refractivity contribution is 9.10. The van der Waals surface area contributed by atoms with Crippen molar-refractivity contribution in [3.05, 3.63) is 28.2 Å². The highest BCUT2D eigenvalue weighted by atomic mass is 79.9. The maximum atomic E-state index is 6.13. The normalized spacial score (nSPS) is 20.5. The van der Waals surface area contributed by atoms with Crippen molar-refractivity contribution in [2.75, 3.05) is 23.5 Å². The molecule has 2 rings (SSSR count). The van der Waals surface area contributed by atoms with Crippen molar-refractivity contribution in [1.82, 2.24) is 0 Å². The van der Waals surface area contributed by atoms with Gasteiger partial charge >= 0.3 is 0 Å². The van der Waals surface area contributed by atoms with Gasteiger partial charge in [-0.25, -0.2) is 0 Å². The van der Waals surface area contributed by atoms with E-state index in [4.69, 9.17) is 5.73 Å². The van der Waals surface area contributed by atoms with Crippen molar-refractivity contribution in [2.24, 2.45) is 5.73 Å². The molecule has 2 atom stereocenters. The zero-order valence-electron chi connectivity index (χ0n) is 11.7. The van der Waals surface area contributed by atoms with E-state index >= 15 is 0 Å². The number of rotatable bonds is 5. The van der Waals surface area contributed by atoms with Gasteiger partial charge in [0, 0.05) is 35.0 Å². The van der Waals surface area contributed by atoms with Crippen LogP contribution in [0, 0.1) is 0 Å². The molecule has 106 valence electrons. The molecule has 19 heavy (non-hydrogen) atoms. The third-order valence-electron chi connectivity index (χ3n) is 3.89. The molecule has 2 N–H and O–H groups in total. The first kappa shape index (κ1) is 15.2. The minimum absolute atomic E-state index is 0.256. The summed E-state index contributed by atoms with van der Waals surface area (Å²) in [5.74, 6) is 2.52. The van der Waals surface area contributed by atoms with Gasteiger partial charge in [-0.3, -0.25) is 0 Å². The van der Waals surface area contributed by atoms with Crippen molar-refractivity contribution in [3.63, 3.8) is 0 Å². The molecule has 4 heteroatoms. The molecule has 1 aromatic carbocycles. The molecule has 0 aromatic heterocycles. The molecule has 1 aliphatic heterocycles. The average molecular weight is 343 g/mol. The fourth-order valence-electron chi connectivity index (χ4n) is 2.49. The van der Waals surface area contributed by atoms with E-state index in [1.54, 1.807) is 0 Å². The van der Waals surface area contributed by atoms with E-state index in [2.05, 4.69) is 64.8 Å². The second-order valence-corrected chi connectivity index (χ2v) is 7.34. The summed E-state index contributed by atoms with van der Waals surface area (Å²) in [5.41, 5.74) is 8.84. The maximum absolute atomic E-state index is 6.13. The summed E-state index contributed by atoms with van der Waals surface area (Å²) < 4.78 is 1.15. The second-order valence-electron chi connectivity index (χ2n) is 5.27. The van der Waals surface area contributed by atoms with Crippen molar-refractivity contribution in [3.8, 4) is 0 Å². The topological polar surface area (TPSA) is 29.3 Å². The summed E-state index contributed by atoms with van der Waals surface area (Å²) in [7, 11) is 2.22. The lowest BCUT2D eigenvalue weighted by atomic mass is 10.0. The van der Waals surface area contributed by atoms with Crippen LogP contribution in [0.15, 0.2) is 22.7 Å². The fraction of sp³-hybridized carbons (Fsp3) is 0.600. The molecule has 1 saturated heterocycles. The molecule has 0 spiro atoms. The molecule has 0 aliphatic carbocycles. The van der Waals surface area contributed by atoms with Crippen LogP contribution in [0.2, 0.25) is 0 Å². The van der Waals surface area contributed by atoms with Gasteiger partial charge in [-0.2, -0.15) is 11.8 Å². The molecular weight excluding hydrogens is 320 g/mol. The molecule has 0 radical (unpaired) electrons. The third kappa shape index (κ3) is 3.89. The van der Waals surface area contributed by atoms with Gasteiger partial charge in [-0.15, -0.1) is 0 Å². The van der Waals surface area contributed by atoms with Crippen molar-refractivity contribution < 1.29 is 0 Å². The Morgan fingerprint density at radius 2 is 2.32 bits per heavy atom. The third-order valence-corrected chi connectivity index (χ3v) is 5.53. The molecule has 2 nitrogen and oxygen atoms in total. The smallest absolute Gasteiger partial charge is 0.0410 e. The van der Waals surface area contributed by atoms with Gasteiger partial charge in [-0.1, -0.05) is 28.9 Å². The lowest BCUT2D eigenvalue weighted by molar-refractivity contribution is 0.639. The summed E-state index contributed by atoms with van der Waals surface area (Å²) in [4.78, 5) is 2.45. The molecule has 0 amide bonds. The van der Waals surface area contributed by atoms with Gasteiger partial charge in [0.25, 0.3) is 0 Å². The van der Waals surface area contributed by atoms with Gasteiger partial charge in [0.1, 0.15) is 0 Å². The van der Waals surface area contributed by atoms with Crippen LogP contribution in [0.1, 0.15) is 25.3 Å². The summed E-state index contributed by atoms with van der Waals surface area (Å²) in [5, 5.41) is 0.